The van der Waals surface area contributed by atoms with Crippen LogP contribution in [0.5, 0.6) is 0 Å². The van der Waals surface area contributed by atoms with Crippen molar-refractivity contribution in [3.63, 3.8) is 0 Å². The highest BCUT2D eigenvalue weighted by Crippen LogP contribution is 2.33. The number of carbonyl (C=O) groups excluding carboxylic acids is 1. The molecule has 3 heterocycles. The number of likely N-dealkylation sites (tertiary alicyclic amines) is 1. The standard InChI is InChI=1S/C18H29N5O2/c1-5-11-25-15-7-6-9-22(10-8-15)17(24)16-13(2)21(4)18-19-12-20-23(18)14(16)3/h12,14-15H,5-11H2,1-4H3/t14-,15+/m1/s1. The molecule has 0 unspecified atom stereocenters. The first kappa shape index (κ1) is 17.9. The Kier molecular flexibility index (Phi) is 5.42. The minimum atomic E-state index is -0.100. The first-order valence-electron chi connectivity index (χ1n) is 9.29. The fourth-order valence-electron chi connectivity index (χ4n) is 3.74. The fraction of sp³-hybridized carbons (Fsp3) is 0.722. The van der Waals surface area contributed by atoms with Crippen molar-refractivity contribution < 1.29 is 9.53 Å². The first-order valence-corrected chi connectivity index (χ1v) is 9.29. The third-order valence-electron chi connectivity index (χ3n) is 5.28. The summed E-state index contributed by atoms with van der Waals surface area (Å²) in [5.41, 5.74) is 1.77. The molecule has 2 aliphatic heterocycles. The number of fused-ring (bicyclic) bond motifs is 1. The van der Waals surface area contributed by atoms with E-state index in [1.807, 2.05) is 35.4 Å². The molecule has 25 heavy (non-hydrogen) atoms. The van der Waals surface area contributed by atoms with E-state index in [1.54, 1.807) is 6.33 Å². The summed E-state index contributed by atoms with van der Waals surface area (Å²) < 4.78 is 7.73. The van der Waals surface area contributed by atoms with Crippen molar-refractivity contribution in [3.8, 4) is 0 Å². The van der Waals surface area contributed by atoms with E-state index in [9.17, 15) is 4.79 Å². The smallest absolute Gasteiger partial charge is 0.253 e. The third kappa shape index (κ3) is 3.42. The lowest BCUT2D eigenvalue weighted by molar-refractivity contribution is -0.127. The molecule has 1 amide bonds. The maximum atomic E-state index is 13.3. The summed E-state index contributed by atoms with van der Waals surface area (Å²) in [5.74, 6) is 0.902. The molecule has 0 aromatic carbocycles. The normalized spacial score (nSPS) is 24.3. The van der Waals surface area contributed by atoms with Gasteiger partial charge in [-0.05, 0) is 39.5 Å². The van der Waals surface area contributed by atoms with Gasteiger partial charge in [0.15, 0.2) is 0 Å². The van der Waals surface area contributed by atoms with Crippen molar-refractivity contribution in [2.75, 3.05) is 31.6 Å². The third-order valence-corrected chi connectivity index (χ3v) is 5.28. The lowest BCUT2D eigenvalue weighted by atomic mass is 10.0. The van der Waals surface area contributed by atoms with Crippen molar-refractivity contribution in [3.05, 3.63) is 17.6 Å². The Morgan fingerprint density at radius 2 is 2.16 bits per heavy atom. The van der Waals surface area contributed by atoms with Crippen LogP contribution in [-0.2, 0) is 9.53 Å². The Balaban J connectivity index is 1.75. The summed E-state index contributed by atoms with van der Waals surface area (Å²) in [6.07, 6.45) is 5.80. The van der Waals surface area contributed by atoms with Crippen LogP contribution in [-0.4, -0.2) is 58.4 Å². The molecule has 138 valence electrons. The SMILES string of the molecule is CCCO[C@H]1CCCN(C(=O)C2=C(C)N(C)c3ncnn3[C@@H]2C)CC1. The van der Waals surface area contributed by atoms with Crippen LogP contribution >= 0.6 is 0 Å². The average molecular weight is 347 g/mol. The second-order valence-electron chi connectivity index (χ2n) is 6.95. The second kappa shape index (κ2) is 7.56. The van der Waals surface area contributed by atoms with Crippen LogP contribution in [0.2, 0.25) is 0 Å². The number of hydrogen-bond donors (Lipinski definition) is 0. The van der Waals surface area contributed by atoms with Crippen LogP contribution in [0.25, 0.3) is 0 Å². The number of anilines is 1. The number of hydrogen-bond acceptors (Lipinski definition) is 5. The van der Waals surface area contributed by atoms with Crippen LogP contribution in [0.4, 0.5) is 5.95 Å². The van der Waals surface area contributed by atoms with Crippen molar-refractivity contribution in [1.82, 2.24) is 19.7 Å². The summed E-state index contributed by atoms with van der Waals surface area (Å²) in [4.78, 5) is 21.5. The molecule has 1 aromatic rings. The molecule has 3 rings (SSSR count). The van der Waals surface area contributed by atoms with Crippen molar-refractivity contribution in [2.45, 2.75) is 58.6 Å². The number of ether oxygens (including phenoxy) is 1. The van der Waals surface area contributed by atoms with E-state index in [0.29, 0.717) is 0 Å². The van der Waals surface area contributed by atoms with E-state index in [-0.39, 0.29) is 18.1 Å². The number of allylic oxidation sites excluding steroid dienone is 1. The van der Waals surface area contributed by atoms with Gasteiger partial charge < -0.3 is 14.5 Å². The van der Waals surface area contributed by atoms with Crippen LogP contribution in [0.1, 0.15) is 52.5 Å². The summed E-state index contributed by atoms with van der Waals surface area (Å²) in [6.45, 7) is 8.49. The van der Waals surface area contributed by atoms with Gasteiger partial charge in [-0.15, -0.1) is 0 Å². The largest absolute Gasteiger partial charge is 0.378 e. The molecular formula is C18H29N5O2. The van der Waals surface area contributed by atoms with E-state index >= 15 is 0 Å². The summed E-state index contributed by atoms with van der Waals surface area (Å²) in [7, 11) is 1.94. The molecule has 2 atom stereocenters. The van der Waals surface area contributed by atoms with Gasteiger partial charge in [-0.2, -0.15) is 10.1 Å². The van der Waals surface area contributed by atoms with Gasteiger partial charge in [0.25, 0.3) is 5.91 Å². The molecular weight excluding hydrogens is 318 g/mol. The summed E-state index contributed by atoms with van der Waals surface area (Å²) in [5, 5.41) is 4.30. The molecule has 0 aliphatic carbocycles. The zero-order valence-electron chi connectivity index (χ0n) is 15.7. The van der Waals surface area contributed by atoms with E-state index in [0.717, 1.165) is 62.6 Å². The zero-order valence-corrected chi connectivity index (χ0v) is 15.7. The predicted molar refractivity (Wildman–Crippen MR) is 96.3 cm³/mol. The minimum Gasteiger partial charge on any atom is -0.378 e. The van der Waals surface area contributed by atoms with Crippen molar-refractivity contribution in [1.29, 1.82) is 0 Å². The Labute approximate surface area is 149 Å². The first-order chi connectivity index (χ1) is 12.0. The summed E-state index contributed by atoms with van der Waals surface area (Å²) in [6, 6.07) is -0.100. The lowest BCUT2D eigenvalue weighted by Gasteiger charge is -2.34. The van der Waals surface area contributed by atoms with Crippen LogP contribution in [0.3, 0.4) is 0 Å². The van der Waals surface area contributed by atoms with Gasteiger partial charge in [0.1, 0.15) is 6.33 Å². The molecule has 0 saturated carbocycles. The molecule has 7 nitrogen and oxygen atoms in total. The molecule has 0 bridgehead atoms. The molecule has 0 N–H and O–H groups in total. The maximum Gasteiger partial charge on any atom is 0.253 e. The Bertz CT molecular complexity index is 654. The fourth-order valence-corrected chi connectivity index (χ4v) is 3.74. The highest BCUT2D eigenvalue weighted by Gasteiger charge is 2.34. The van der Waals surface area contributed by atoms with Gasteiger partial charge in [-0.3, -0.25) is 4.79 Å². The van der Waals surface area contributed by atoms with E-state index in [1.165, 1.54) is 0 Å². The lowest BCUT2D eigenvalue weighted by Crippen LogP contribution is -2.40. The number of rotatable bonds is 4. The van der Waals surface area contributed by atoms with Gasteiger partial charge >= 0.3 is 0 Å². The maximum absolute atomic E-state index is 13.3. The van der Waals surface area contributed by atoms with Gasteiger partial charge in [0.2, 0.25) is 5.95 Å². The number of carbonyl (C=O) groups is 1. The molecule has 0 radical (unpaired) electrons. The van der Waals surface area contributed by atoms with Gasteiger partial charge in [0.05, 0.1) is 17.7 Å². The average Bonchev–Trinajstić information content (AvgIpc) is 2.98. The van der Waals surface area contributed by atoms with E-state index in [2.05, 4.69) is 17.0 Å². The quantitative estimate of drug-likeness (QED) is 0.837. The molecule has 0 spiro atoms. The predicted octanol–water partition coefficient (Wildman–Crippen LogP) is 2.37. The topological polar surface area (TPSA) is 63.5 Å². The highest BCUT2D eigenvalue weighted by atomic mass is 16.5. The van der Waals surface area contributed by atoms with Gasteiger partial charge in [0, 0.05) is 32.4 Å². The summed E-state index contributed by atoms with van der Waals surface area (Å²) >= 11 is 0. The monoisotopic (exact) mass is 347 g/mol. The number of aromatic nitrogens is 3. The molecule has 1 aromatic heterocycles. The molecule has 1 saturated heterocycles. The second-order valence-corrected chi connectivity index (χ2v) is 6.95. The van der Waals surface area contributed by atoms with E-state index < -0.39 is 0 Å². The Morgan fingerprint density at radius 3 is 2.92 bits per heavy atom. The van der Waals surface area contributed by atoms with E-state index in [4.69, 9.17) is 4.74 Å². The Morgan fingerprint density at radius 1 is 1.36 bits per heavy atom. The highest BCUT2D eigenvalue weighted by molar-refractivity contribution is 5.96. The van der Waals surface area contributed by atoms with Gasteiger partial charge in [-0.25, -0.2) is 4.68 Å². The van der Waals surface area contributed by atoms with Crippen LogP contribution in [0, 0.1) is 0 Å². The molecule has 2 aliphatic rings. The zero-order chi connectivity index (χ0) is 18.0. The number of amides is 1. The molecule has 7 heteroatoms. The molecule has 1 fully saturated rings. The van der Waals surface area contributed by atoms with Crippen LogP contribution in [0.15, 0.2) is 17.6 Å². The van der Waals surface area contributed by atoms with Crippen LogP contribution < -0.4 is 4.90 Å². The number of nitrogens with zero attached hydrogens (tertiary/aromatic N) is 5. The van der Waals surface area contributed by atoms with Crippen molar-refractivity contribution >= 4 is 11.9 Å². The minimum absolute atomic E-state index is 0.100. The van der Waals surface area contributed by atoms with Gasteiger partial charge in [-0.1, -0.05) is 6.92 Å². The Hall–Kier alpha value is -1.89. The van der Waals surface area contributed by atoms with Crippen molar-refractivity contribution in [2.24, 2.45) is 0 Å².